The average Bonchev–Trinajstić information content (AvgIpc) is 2.38. The van der Waals surface area contributed by atoms with Crippen LogP contribution in [0.4, 0.5) is 11.6 Å². The number of hydrogen-bond donors (Lipinski definition) is 3. The number of rotatable bonds is 4. The van der Waals surface area contributed by atoms with Gasteiger partial charge in [0.2, 0.25) is 5.95 Å². The molecule has 0 spiro atoms. The molecule has 0 amide bonds. The van der Waals surface area contributed by atoms with E-state index in [2.05, 4.69) is 14.7 Å². The first-order valence-electron chi connectivity index (χ1n) is 5.34. The third kappa shape index (κ3) is 3.18. The van der Waals surface area contributed by atoms with Crippen LogP contribution in [0, 0.1) is 6.92 Å². The van der Waals surface area contributed by atoms with E-state index in [4.69, 9.17) is 5.21 Å². The third-order valence-corrected chi connectivity index (χ3v) is 3.66. The van der Waals surface area contributed by atoms with Crippen molar-refractivity contribution in [3.63, 3.8) is 0 Å². The maximum Gasteiger partial charge on any atom is 0.264 e. The van der Waals surface area contributed by atoms with Crippen molar-refractivity contribution >= 4 is 21.7 Å². The molecule has 8 heteroatoms. The van der Waals surface area contributed by atoms with Crippen molar-refractivity contribution in [2.24, 2.45) is 0 Å². The molecule has 1 aromatic heterocycles. The predicted molar refractivity (Wildman–Crippen MR) is 69.4 cm³/mol. The Morgan fingerprint density at radius 3 is 2.42 bits per heavy atom. The molecule has 1 aromatic carbocycles. The van der Waals surface area contributed by atoms with Crippen LogP contribution in [0.15, 0.2) is 41.4 Å². The third-order valence-electron chi connectivity index (χ3n) is 2.31. The number of aromatic nitrogens is 2. The van der Waals surface area contributed by atoms with Crippen LogP contribution in [0.2, 0.25) is 0 Å². The summed E-state index contributed by atoms with van der Waals surface area (Å²) in [6, 6.07) is 7.25. The molecule has 1 heterocycles. The minimum Gasteiger partial charge on any atom is -0.291 e. The van der Waals surface area contributed by atoms with Gasteiger partial charge in [0, 0.05) is 11.9 Å². The van der Waals surface area contributed by atoms with Gasteiger partial charge in [-0.3, -0.25) is 10.7 Å². The van der Waals surface area contributed by atoms with E-state index in [1.807, 2.05) is 5.48 Å². The number of benzene rings is 1. The topological polar surface area (TPSA) is 104 Å². The Bertz CT molecular complexity index is 671. The zero-order valence-corrected chi connectivity index (χ0v) is 10.8. The lowest BCUT2D eigenvalue weighted by molar-refractivity contribution is 0.389. The van der Waals surface area contributed by atoms with E-state index >= 15 is 0 Å². The first-order chi connectivity index (χ1) is 9.01. The number of sulfonamides is 1. The molecule has 0 unspecified atom stereocenters. The van der Waals surface area contributed by atoms with Crippen LogP contribution in [0.25, 0.3) is 0 Å². The van der Waals surface area contributed by atoms with Crippen LogP contribution in [-0.2, 0) is 10.0 Å². The average molecular weight is 280 g/mol. The van der Waals surface area contributed by atoms with E-state index in [0.29, 0.717) is 11.4 Å². The Kier molecular flexibility index (Phi) is 3.63. The lowest BCUT2D eigenvalue weighted by Crippen LogP contribution is -2.15. The lowest BCUT2D eigenvalue weighted by Gasteiger charge is -2.07. The molecular weight excluding hydrogens is 268 g/mol. The van der Waals surface area contributed by atoms with E-state index in [1.165, 1.54) is 30.5 Å². The maximum atomic E-state index is 12.0. The molecule has 100 valence electrons. The predicted octanol–water partition coefficient (Wildman–Crippen LogP) is 1.39. The van der Waals surface area contributed by atoms with Gasteiger partial charge >= 0.3 is 0 Å². The van der Waals surface area contributed by atoms with E-state index in [1.54, 1.807) is 13.0 Å². The molecule has 2 aromatic rings. The fourth-order valence-corrected chi connectivity index (χ4v) is 2.34. The SMILES string of the molecule is Cc1ccnc(NS(=O)(=O)c2ccc(NO)cc2)n1. The van der Waals surface area contributed by atoms with E-state index in [0.717, 1.165) is 0 Å². The van der Waals surface area contributed by atoms with Gasteiger partial charge in [0.25, 0.3) is 10.0 Å². The maximum absolute atomic E-state index is 12.0. The molecule has 0 atom stereocenters. The highest BCUT2D eigenvalue weighted by molar-refractivity contribution is 7.92. The number of nitrogens with one attached hydrogen (secondary N) is 2. The highest BCUT2D eigenvalue weighted by Gasteiger charge is 2.15. The molecule has 0 aliphatic carbocycles. The van der Waals surface area contributed by atoms with Gasteiger partial charge in [0.15, 0.2) is 0 Å². The lowest BCUT2D eigenvalue weighted by atomic mass is 10.3. The fourth-order valence-electron chi connectivity index (χ4n) is 1.39. The Morgan fingerprint density at radius 2 is 1.84 bits per heavy atom. The van der Waals surface area contributed by atoms with Gasteiger partial charge in [0.05, 0.1) is 10.6 Å². The Balaban J connectivity index is 2.27. The molecular formula is C11H12N4O3S. The van der Waals surface area contributed by atoms with Gasteiger partial charge < -0.3 is 0 Å². The summed E-state index contributed by atoms with van der Waals surface area (Å²) in [5, 5.41) is 8.66. The number of anilines is 2. The molecule has 0 fully saturated rings. The van der Waals surface area contributed by atoms with E-state index in [-0.39, 0.29) is 10.8 Å². The molecule has 19 heavy (non-hydrogen) atoms. The summed E-state index contributed by atoms with van der Waals surface area (Å²) >= 11 is 0. The van der Waals surface area contributed by atoms with Crippen molar-refractivity contribution in [2.45, 2.75) is 11.8 Å². The molecule has 2 rings (SSSR count). The number of aryl methyl sites for hydroxylation is 1. The summed E-state index contributed by atoms with van der Waals surface area (Å²) in [6.45, 7) is 1.74. The summed E-state index contributed by atoms with van der Waals surface area (Å²) in [7, 11) is -3.74. The second-order valence-corrected chi connectivity index (χ2v) is 5.45. The van der Waals surface area contributed by atoms with Crippen molar-refractivity contribution in [1.82, 2.24) is 9.97 Å². The molecule has 0 radical (unpaired) electrons. The minimum absolute atomic E-state index is 0.0179. The van der Waals surface area contributed by atoms with E-state index in [9.17, 15) is 8.42 Å². The Labute approximate surface area is 110 Å². The largest absolute Gasteiger partial charge is 0.291 e. The standard InChI is InChI=1S/C11H12N4O3S/c1-8-6-7-12-11(13-8)15-19(17,18)10-4-2-9(14-16)3-5-10/h2-7,14,16H,1H3,(H,12,13,15). The summed E-state index contributed by atoms with van der Waals surface area (Å²) < 4.78 is 26.4. The molecule has 0 saturated carbocycles. The smallest absolute Gasteiger partial charge is 0.264 e. The second kappa shape index (κ2) is 5.21. The van der Waals surface area contributed by atoms with Crippen LogP contribution in [0.3, 0.4) is 0 Å². The van der Waals surface area contributed by atoms with Crippen molar-refractivity contribution < 1.29 is 13.6 Å². The first kappa shape index (κ1) is 13.2. The minimum atomic E-state index is -3.74. The summed E-state index contributed by atoms with van der Waals surface area (Å²) in [4.78, 5) is 7.85. The Hall–Kier alpha value is -2.19. The van der Waals surface area contributed by atoms with Crippen LogP contribution < -0.4 is 10.2 Å². The van der Waals surface area contributed by atoms with Gasteiger partial charge in [-0.25, -0.2) is 23.1 Å². The monoisotopic (exact) mass is 280 g/mol. The van der Waals surface area contributed by atoms with Crippen LogP contribution in [-0.4, -0.2) is 23.6 Å². The van der Waals surface area contributed by atoms with Gasteiger partial charge in [0.1, 0.15) is 0 Å². The summed E-state index contributed by atoms with van der Waals surface area (Å²) in [5.41, 5.74) is 2.98. The molecule has 7 nitrogen and oxygen atoms in total. The van der Waals surface area contributed by atoms with E-state index < -0.39 is 10.0 Å². The highest BCUT2D eigenvalue weighted by atomic mass is 32.2. The first-order valence-corrected chi connectivity index (χ1v) is 6.82. The van der Waals surface area contributed by atoms with Gasteiger partial charge in [-0.15, -0.1) is 0 Å². The van der Waals surface area contributed by atoms with Crippen LogP contribution >= 0.6 is 0 Å². The van der Waals surface area contributed by atoms with Crippen LogP contribution in [0.5, 0.6) is 0 Å². The zero-order valence-electron chi connectivity index (χ0n) is 10.0. The Morgan fingerprint density at radius 1 is 1.16 bits per heavy atom. The quantitative estimate of drug-likeness (QED) is 0.731. The van der Waals surface area contributed by atoms with Crippen molar-refractivity contribution in [2.75, 3.05) is 10.2 Å². The highest BCUT2D eigenvalue weighted by Crippen LogP contribution is 2.15. The van der Waals surface area contributed by atoms with Gasteiger partial charge in [-0.05, 0) is 37.3 Å². The molecule has 0 aliphatic rings. The zero-order chi connectivity index (χ0) is 13.9. The molecule has 0 saturated heterocycles. The summed E-state index contributed by atoms with van der Waals surface area (Å²) in [5.74, 6) is 0.0179. The number of nitrogens with zero attached hydrogens (tertiary/aromatic N) is 2. The van der Waals surface area contributed by atoms with Crippen molar-refractivity contribution in [3.8, 4) is 0 Å². The van der Waals surface area contributed by atoms with Crippen LogP contribution in [0.1, 0.15) is 5.69 Å². The van der Waals surface area contributed by atoms with Gasteiger partial charge in [-0.2, -0.15) is 0 Å². The normalized spacial score (nSPS) is 11.1. The molecule has 3 N–H and O–H groups in total. The van der Waals surface area contributed by atoms with Crippen molar-refractivity contribution in [3.05, 3.63) is 42.2 Å². The van der Waals surface area contributed by atoms with Crippen molar-refractivity contribution in [1.29, 1.82) is 0 Å². The van der Waals surface area contributed by atoms with Gasteiger partial charge in [-0.1, -0.05) is 0 Å². The molecule has 0 bridgehead atoms. The summed E-state index contributed by atoms with van der Waals surface area (Å²) in [6.07, 6.45) is 1.47. The number of hydrogen-bond acceptors (Lipinski definition) is 6. The fraction of sp³-hybridized carbons (Fsp3) is 0.0909. The molecule has 0 aliphatic heterocycles. The second-order valence-electron chi connectivity index (χ2n) is 3.76.